The Kier molecular flexibility index (Phi) is 5.99. The second kappa shape index (κ2) is 8.86. The number of phenols is 1. The van der Waals surface area contributed by atoms with E-state index in [0.717, 1.165) is 17.5 Å². The van der Waals surface area contributed by atoms with Crippen LogP contribution >= 0.6 is 0 Å². The highest BCUT2D eigenvalue weighted by molar-refractivity contribution is 5.77. The predicted molar refractivity (Wildman–Crippen MR) is 124 cm³/mol. The van der Waals surface area contributed by atoms with Crippen molar-refractivity contribution in [2.75, 3.05) is 18.4 Å². The van der Waals surface area contributed by atoms with E-state index in [0.29, 0.717) is 30.3 Å². The largest absolute Gasteiger partial charge is 0.507 e. The van der Waals surface area contributed by atoms with E-state index in [-0.39, 0.29) is 17.9 Å². The van der Waals surface area contributed by atoms with Gasteiger partial charge in [-0.2, -0.15) is 0 Å². The Balaban J connectivity index is 1.61. The van der Waals surface area contributed by atoms with Crippen LogP contribution in [0.25, 0.3) is 22.5 Å². The van der Waals surface area contributed by atoms with Gasteiger partial charge in [0, 0.05) is 30.9 Å². The van der Waals surface area contributed by atoms with Crippen molar-refractivity contribution in [3.8, 4) is 28.3 Å². The molecule has 7 nitrogen and oxygen atoms in total. The summed E-state index contributed by atoms with van der Waals surface area (Å²) in [5.74, 6) is 1.23. The summed E-state index contributed by atoms with van der Waals surface area (Å²) < 4.78 is 5.51. The fourth-order valence-corrected chi connectivity index (χ4v) is 3.68. The smallest absolute Gasteiger partial charge is 0.410 e. The van der Waals surface area contributed by atoms with Crippen LogP contribution < -0.4 is 5.32 Å². The molecule has 0 unspecified atom stereocenters. The number of nitrogens with one attached hydrogen (secondary N) is 1. The van der Waals surface area contributed by atoms with E-state index in [1.54, 1.807) is 29.3 Å². The molecule has 1 aromatic heterocycles. The molecule has 4 rings (SSSR count). The number of carbonyl (C=O) groups is 1. The maximum atomic E-state index is 12.4. The number of nitrogens with zero attached hydrogens (tertiary/aromatic N) is 3. The second-order valence-electron chi connectivity index (χ2n) is 8.90. The lowest BCUT2D eigenvalue weighted by atomic mass is 10.1. The normalized spacial score (nSPS) is 16.1. The van der Waals surface area contributed by atoms with Crippen LogP contribution in [-0.2, 0) is 4.74 Å². The van der Waals surface area contributed by atoms with E-state index < -0.39 is 5.60 Å². The van der Waals surface area contributed by atoms with Gasteiger partial charge in [-0.05, 0) is 44.9 Å². The van der Waals surface area contributed by atoms with Crippen LogP contribution in [0.2, 0.25) is 0 Å². The summed E-state index contributed by atoms with van der Waals surface area (Å²) in [5.41, 5.74) is 1.89. The molecule has 2 heterocycles. The van der Waals surface area contributed by atoms with Crippen LogP contribution in [0.15, 0.2) is 60.8 Å². The number of para-hydroxylation sites is 1. The standard InChI is InChI=1S/C25H28N4O3/c1-25(2,3)32-24(31)29-14-13-18(16-29)27-23-20(17-9-5-4-6-10-17)15-26-22(28-23)19-11-7-8-12-21(19)30/h4-12,15,18,30H,13-14,16H2,1-3H3,(H,26,27,28)/t18-/m0/s1. The molecule has 3 aromatic rings. The number of aromatic nitrogens is 2. The van der Waals surface area contributed by atoms with Crippen molar-refractivity contribution in [3.05, 3.63) is 60.8 Å². The monoisotopic (exact) mass is 432 g/mol. The van der Waals surface area contributed by atoms with Crippen molar-refractivity contribution in [1.29, 1.82) is 0 Å². The highest BCUT2D eigenvalue weighted by Crippen LogP contribution is 2.32. The first-order valence-corrected chi connectivity index (χ1v) is 10.8. The highest BCUT2D eigenvalue weighted by atomic mass is 16.6. The average molecular weight is 433 g/mol. The minimum atomic E-state index is -0.525. The number of carbonyl (C=O) groups excluding carboxylic acids is 1. The molecule has 0 spiro atoms. The zero-order valence-electron chi connectivity index (χ0n) is 18.6. The van der Waals surface area contributed by atoms with Crippen molar-refractivity contribution in [3.63, 3.8) is 0 Å². The molecule has 1 atom stereocenters. The van der Waals surface area contributed by atoms with Gasteiger partial charge in [0.15, 0.2) is 5.82 Å². The third-order valence-corrected chi connectivity index (χ3v) is 5.20. The van der Waals surface area contributed by atoms with Gasteiger partial charge < -0.3 is 20.1 Å². The minimum Gasteiger partial charge on any atom is -0.507 e. The van der Waals surface area contributed by atoms with Crippen molar-refractivity contribution in [2.24, 2.45) is 0 Å². The average Bonchev–Trinajstić information content (AvgIpc) is 3.22. The van der Waals surface area contributed by atoms with Crippen LogP contribution in [0.4, 0.5) is 10.6 Å². The molecule has 0 aliphatic carbocycles. The maximum Gasteiger partial charge on any atom is 0.410 e. The number of aromatic hydroxyl groups is 1. The van der Waals surface area contributed by atoms with Crippen LogP contribution in [0.1, 0.15) is 27.2 Å². The zero-order valence-corrected chi connectivity index (χ0v) is 18.6. The summed E-state index contributed by atoms with van der Waals surface area (Å²) in [5, 5.41) is 13.8. The van der Waals surface area contributed by atoms with E-state index in [2.05, 4.69) is 10.3 Å². The fourth-order valence-electron chi connectivity index (χ4n) is 3.68. The first-order valence-electron chi connectivity index (χ1n) is 10.8. The number of hydrogen-bond donors (Lipinski definition) is 2. The van der Waals surface area contributed by atoms with Gasteiger partial charge >= 0.3 is 6.09 Å². The quantitative estimate of drug-likeness (QED) is 0.607. The molecule has 1 amide bonds. The van der Waals surface area contributed by atoms with Crippen molar-refractivity contribution >= 4 is 11.9 Å². The van der Waals surface area contributed by atoms with Gasteiger partial charge in [-0.1, -0.05) is 42.5 Å². The molecule has 1 saturated heterocycles. The van der Waals surface area contributed by atoms with E-state index in [1.807, 2.05) is 57.2 Å². The van der Waals surface area contributed by atoms with Gasteiger partial charge in [-0.15, -0.1) is 0 Å². The van der Waals surface area contributed by atoms with E-state index in [4.69, 9.17) is 9.72 Å². The summed E-state index contributed by atoms with van der Waals surface area (Å²) in [6.07, 6.45) is 2.25. The summed E-state index contributed by atoms with van der Waals surface area (Å²) in [4.78, 5) is 23.4. The number of likely N-dealkylation sites (tertiary alicyclic amines) is 1. The van der Waals surface area contributed by atoms with Gasteiger partial charge in [0.1, 0.15) is 17.2 Å². The van der Waals surface area contributed by atoms with Crippen LogP contribution in [0.5, 0.6) is 5.75 Å². The van der Waals surface area contributed by atoms with Gasteiger partial charge in [0.05, 0.1) is 5.56 Å². The Hall–Kier alpha value is -3.61. The molecule has 0 bridgehead atoms. The van der Waals surface area contributed by atoms with Crippen LogP contribution in [0, 0.1) is 0 Å². The summed E-state index contributed by atoms with van der Waals surface area (Å²) >= 11 is 0. The number of anilines is 1. The lowest BCUT2D eigenvalue weighted by Gasteiger charge is -2.24. The maximum absolute atomic E-state index is 12.4. The number of benzene rings is 2. The number of hydrogen-bond acceptors (Lipinski definition) is 6. The molecule has 1 aliphatic heterocycles. The Labute approximate surface area is 188 Å². The van der Waals surface area contributed by atoms with Gasteiger partial charge in [0.2, 0.25) is 0 Å². The fraction of sp³-hybridized carbons (Fsp3) is 0.320. The lowest BCUT2D eigenvalue weighted by Crippen LogP contribution is -2.36. The molecule has 2 aromatic carbocycles. The number of amides is 1. The van der Waals surface area contributed by atoms with Gasteiger partial charge in [-0.3, -0.25) is 0 Å². The summed E-state index contributed by atoms with van der Waals surface area (Å²) in [6, 6.07) is 16.9. The van der Waals surface area contributed by atoms with E-state index in [9.17, 15) is 9.90 Å². The summed E-state index contributed by atoms with van der Waals surface area (Å²) in [6.45, 7) is 6.74. The Morgan fingerprint density at radius 1 is 1.09 bits per heavy atom. The molecular weight excluding hydrogens is 404 g/mol. The van der Waals surface area contributed by atoms with Crippen molar-refractivity contribution in [2.45, 2.75) is 38.8 Å². The first-order chi connectivity index (χ1) is 15.3. The molecule has 0 saturated carbocycles. The zero-order chi connectivity index (χ0) is 22.7. The lowest BCUT2D eigenvalue weighted by molar-refractivity contribution is 0.0293. The summed E-state index contributed by atoms with van der Waals surface area (Å²) in [7, 11) is 0. The number of phenolic OH excluding ortho intramolecular Hbond substituents is 1. The van der Waals surface area contributed by atoms with E-state index >= 15 is 0 Å². The topological polar surface area (TPSA) is 87.6 Å². The first kappa shape index (κ1) is 21.6. The van der Waals surface area contributed by atoms with Gasteiger partial charge in [0.25, 0.3) is 0 Å². The molecule has 166 valence electrons. The van der Waals surface area contributed by atoms with Crippen molar-refractivity contribution < 1.29 is 14.6 Å². The van der Waals surface area contributed by atoms with Crippen LogP contribution in [-0.4, -0.2) is 50.8 Å². The molecular formula is C25H28N4O3. The number of rotatable bonds is 4. The number of ether oxygens (including phenoxy) is 1. The van der Waals surface area contributed by atoms with Crippen molar-refractivity contribution in [1.82, 2.24) is 14.9 Å². The molecule has 2 N–H and O–H groups in total. The molecule has 7 heteroatoms. The predicted octanol–water partition coefficient (Wildman–Crippen LogP) is 4.94. The molecule has 1 aliphatic rings. The third-order valence-electron chi connectivity index (χ3n) is 5.20. The minimum absolute atomic E-state index is 0.0251. The molecule has 1 fully saturated rings. The molecule has 32 heavy (non-hydrogen) atoms. The Bertz CT molecular complexity index is 1100. The van der Waals surface area contributed by atoms with Gasteiger partial charge in [-0.25, -0.2) is 14.8 Å². The van der Waals surface area contributed by atoms with Crippen LogP contribution in [0.3, 0.4) is 0 Å². The van der Waals surface area contributed by atoms with E-state index in [1.165, 1.54) is 0 Å². The second-order valence-corrected chi connectivity index (χ2v) is 8.90. The third kappa shape index (κ3) is 4.99. The Morgan fingerprint density at radius 2 is 1.81 bits per heavy atom. The highest BCUT2D eigenvalue weighted by Gasteiger charge is 2.30. The Morgan fingerprint density at radius 3 is 2.53 bits per heavy atom. The SMILES string of the molecule is CC(C)(C)OC(=O)N1CC[C@H](Nc2nc(-c3ccccc3O)ncc2-c2ccccc2)C1. The molecule has 0 radical (unpaired) electrons.